The van der Waals surface area contributed by atoms with Crippen LogP contribution in [-0.2, 0) is 0 Å². The molecule has 0 bridgehead atoms. The number of nitrogens with one attached hydrogen (secondary N) is 1. The van der Waals surface area contributed by atoms with Crippen molar-refractivity contribution in [1.82, 2.24) is 4.72 Å². The summed E-state index contributed by atoms with van der Waals surface area (Å²) < 4.78 is 37.2. The van der Waals surface area contributed by atoms with Crippen molar-refractivity contribution in [2.45, 2.75) is 51.0 Å². The van der Waals surface area contributed by atoms with Gasteiger partial charge in [0, 0.05) is 18.5 Å². The van der Waals surface area contributed by atoms with Crippen molar-refractivity contribution in [2.75, 3.05) is 6.54 Å². The van der Waals surface area contributed by atoms with Crippen LogP contribution in [0, 0.1) is 0 Å². The highest BCUT2D eigenvalue weighted by Crippen LogP contribution is 2.26. The van der Waals surface area contributed by atoms with Crippen LogP contribution in [0.25, 0.3) is 0 Å². The second-order valence-electron chi connectivity index (χ2n) is 3.21. The van der Waals surface area contributed by atoms with Crippen LogP contribution in [-0.4, -0.2) is 12.1 Å². The largest absolute Gasteiger partial charge is 0.456 e. The molecule has 0 spiro atoms. The van der Waals surface area contributed by atoms with Gasteiger partial charge in [-0.1, -0.05) is 39.0 Å². The van der Waals surface area contributed by atoms with Crippen LogP contribution in [0.4, 0.5) is 13.2 Å². The first-order valence-corrected chi connectivity index (χ1v) is 5.85. The lowest BCUT2D eigenvalue weighted by Crippen LogP contribution is -2.14. The van der Waals surface area contributed by atoms with Crippen molar-refractivity contribution in [3.8, 4) is 0 Å². The van der Waals surface area contributed by atoms with Gasteiger partial charge in [0.05, 0.1) is 0 Å². The molecule has 0 fully saturated rings. The average Bonchev–Trinajstić information content (AvgIpc) is 2.08. The molecule has 86 valence electrons. The molecule has 0 aliphatic carbocycles. The van der Waals surface area contributed by atoms with Gasteiger partial charge in [-0.2, -0.15) is 13.2 Å². The Kier molecular flexibility index (Phi) is 8.47. The monoisotopic (exact) mass is 229 g/mol. The average molecular weight is 229 g/mol. The summed E-state index contributed by atoms with van der Waals surface area (Å²) in [6.07, 6.45) is 6.60. The number of hydrogen-bond donors (Lipinski definition) is 1. The van der Waals surface area contributed by atoms with Gasteiger partial charge >= 0.3 is 5.51 Å². The maximum atomic E-state index is 11.6. The molecule has 0 aromatic carbocycles. The molecule has 0 aromatic heterocycles. The van der Waals surface area contributed by atoms with Crippen LogP contribution in [0.15, 0.2) is 0 Å². The summed E-state index contributed by atoms with van der Waals surface area (Å²) >= 11 is -0.148. The maximum absolute atomic E-state index is 11.6. The minimum Gasteiger partial charge on any atom is -0.257 e. The van der Waals surface area contributed by atoms with Gasteiger partial charge in [0.25, 0.3) is 0 Å². The molecule has 0 atom stereocenters. The normalized spacial score (nSPS) is 12.0. The zero-order valence-corrected chi connectivity index (χ0v) is 9.31. The molecule has 0 rings (SSSR count). The summed E-state index contributed by atoms with van der Waals surface area (Å²) in [4.78, 5) is 0. The Labute approximate surface area is 88.0 Å². The van der Waals surface area contributed by atoms with Crippen LogP contribution < -0.4 is 4.72 Å². The van der Waals surface area contributed by atoms with Gasteiger partial charge in [-0.25, -0.2) is 0 Å². The zero-order valence-electron chi connectivity index (χ0n) is 8.49. The predicted molar refractivity (Wildman–Crippen MR) is 55.0 cm³/mol. The highest BCUT2D eigenvalue weighted by atomic mass is 32.2. The van der Waals surface area contributed by atoms with Gasteiger partial charge in [-0.3, -0.25) is 4.72 Å². The Morgan fingerprint density at radius 2 is 1.57 bits per heavy atom. The fourth-order valence-electron chi connectivity index (χ4n) is 1.11. The Morgan fingerprint density at radius 3 is 2.14 bits per heavy atom. The Bertz CT molecular complexity index is 128. The fraction of sp³-hybridized carbons (Fsp3) is 1.00. The number of unbranched alkanes of at least 4 members (excludes halogenated alkanes) is 5. The lowest BCUT2D eigenvalue weighted by atomic mass is 10.1. The van der Waals surface area contributed by atoms with Gasteiger partial charge in [0.1, 0.15) is 0 Å². The van der Waals surface area contributed by atoms with Gasteiger partial charge < -0.3 is 0 Å². The third kappa shape index (κ3) is 12.1. The molecule has 0 unspecified atom stereocenters. The molecule has 14 heavy (non-hydrogen) atoms. The molecular weight excluding hydrogens is 211 g/mol. The molecule has 5 heteroatoms. The highest BCUT2D eigenvalue weighted by Gasteiger charge is 2.27. The first kappa shape index (κ1) is 14.1. The highest BCUT2D eigenvalue weighted by molar-refractivity contribution is 7.98. The minimum atomic E-state index is -4.15. The minimum absolute atomic E-state index is 0.148. The van der Waals surface area contributed by atoms with E-state index in [4.69, 9.17) is 0 Å². The van der Waals surface area contributed by atoms with E-state index in [2.05, 4.69) is 11.6 Å². The molecule has 0 amide bonds. The summed E-state index contributed by atoms with van der Waals surface area (Å²) in [6, 6.07) is 0. The molecule has 0 saturated carbocycles. The van der Waals surface area contributed by atoms with E-state index in [1.807, 2.05) is 0 Å². The number of rotatable bonds is 8. The van der Waals surface area contributed by atoms with Gasteiger partial charge in [-0.15, -0.1) is 0 Å². The van der Waals surface area contributed by atoms with Gasteiger partial charge in [0.15, 0.2) is 0 Å². The molecule has 0 aromatic rings. The lowest BCUT2D eigenvalue weighted by molar-refractivity contribution is -0.0335. The fourth-order valence-corrected chi connectivity index (χ4v) is 1.52. The van der Waals surface area contributed by atoms with Crippen molar-refractivity contribution < 1.29 is 13.2 Å². The first-order chi connectivity index (χ1) is 6.56. The third-order valence-electron chi connectivity index (χ3n) is 1.82. The molecule has 0 aliphatic heterocycles. The van der Waals surface area contributed by atoms with E-state index in [0.29, 0.717) is 6.54 Å². The Morgan fingerprint density at radius 1 is 1.00 bits per heavy atom. The molecule has 0 heterocycles. The molecule has 1 nitrogen and oxygen atoms in total. The van der Waals surface area contributed by atoms with E-state index in [0.717, 1.165) is 19.3 Å². The molecule has 0 saturated heterocycles. The van der Waals surface area contributed by atoms with Crippen molar-refractivity contribution in [1.29, 1.82) is 0 Å². The third-order valence-corrected chi connectivity index (χ3v) is 2.40. The molecule has 0 aliphatic rings. The van der Waals surface area contributed by atoms with E-state index in [1.54, 1.807) is 0 Å². The van der Waals surface area contributed by atoms with E-state index in [1.165, 1.54) is 19.3 Å². The Balaban J connectivity index is 2.99. The van der Waals surface area contributed by atoms with Crippen LogP contribution in [0.3, 0.4) is 0 Å². The van der Waals surface area contributed by atoms with Crippen molar-refractivity contribution >= 4 is 11.9 Å². The van der Waals surface area contributed by atoms with Crippen LogP contribution >= 0.6 is 11.9 Å². The number of alkyl halides is 3. The van der Waals surface area contributed by atoms with Crippen molar-refractivity contribution in [2.24, 2.45) is 0 Å². The topological polar surface area (TPSA) is 12.0 Å². The second kappa shape index (κ2) is 8.41. The van der Waals surface area contributed by atoms with Crippen molar-refractivity contribution in [3.63, 3.8) is 0 Å². The van der Waals surface area contributed by atoms with Gasteiger partial charge in [-0.05, 0) is 6.42 Å². The number of halogens is 3. The second-order valence-corrected chi connectivity index (χ2v) is 4.17. The SMILES string of the molecule is CCCCCCCCNSC(F)(F)F. The predicted octanol–water partition coefficient (Wildman–Crippen LogP) is 4.10. The van der Waals surface area contributed by atoms with Crippen LogP contribution in [0.5, 0.6) is 0 Å². The van der Waals surface area contributed by atoms with E-state index in [-0.39, 0.29) is 11.9 Å². The molecular formula is C9H18F3NS. The molecule has 0 radical (unpaired) electrons. The van der Waals surface area contributed by atoms with Gasteiger partial charge in [0.2, 0.25) is 0 Å². The van der Waals surface area contributed by atoms with Crippen molar-refractivity contribution in [3.05, 3.63) is 0 Å². The van der Waals surface area contributed by atoms with E-state index >= 15 is 0 Å². The zero-order chi connectivity index (χ0) is 10.9. The van der Waals surface area contributed by atoms with E-state index in [9.17, 15) is 13.2 Å². The van der Waals surface area contributed by atoms with Crippen LogP contribution in [0.2, 0.25) is 0 Å². The Hall–Kier alpha value is 0.100. The lowest BCUT2D eigenvalue weighted by Gasteiger charge is -2.06. The summed E-state index contributed by atoms with van der Waals surface area (Å²) in [5.41, 5.74) is -4.15. The maximum Gasteiger partial charge on any atom is 0.456 e. The summed E-state index contributed by atoms with van der Waals surface area (Å²) in [5, 5.41) is 0. The smallest absolute Gasteiger partial charge is 0.257 e. The standard InChI is InChI=1S/C9H18F3NS/c1-2-3-4-5-6-7-8-13-14-9(10,11)12/h13H,2-8H2,1H3. The number of hydrogen-bond acceptors (Lipinski definition) is 2. The quantitative estimate of drug-likeness (QED) is 0.496. The van der Waals surface area contributed by atoms with Crippen LogP contribution in [0.1, 0.15) is 45.4 Å². The summed E-state index contributed by atoms with van der Waals surface area (Å²) in [5.74, 6) is 0. The summed E-state index contributed by atoms with van der Waals surface area (Å²) in [6.45, 7) is 2.58. The van der Waals surface area contributed by atoms with E-state index < -0.39 is 5.51 Å². The molecule has 1 N–H and O–H groups in total. The first-order valence-electron chi connectivity index (χ1n) is 5.04. The summed E-state index contributed by atoms with van der Waals surface area (Å²) in [7, 11) is 0.